The van der Waals surface area contributed by atoms with Crippen LogP contribution in [0.1, 0.15) is 29.7 Å². The van der Waals surface area contributed by atoms with E-state index in [-0.39, 0.29) is 6.04 Å². The van der Waals surface area contributed by atoms with E-state index in [0.29, 0.717) is 0 Å². The average molecular weight is 241 g/mol. The van der Waals surface area contributed by atoms with E-state index in [1.807, 2.05) is 44.2 Å². The minimum absolute atomic E-state index is 0.0205. The van der Waals surface area contributed by atoms with Crippen LogP contribution in [0.15, 0.2) is 42.5 Å². The summed E-state index contributed by atoms with van der Waals surface area (Å²) in [5.41, 5.74) is 9.28. The van der Waals surface area contributed by atoms with Crippen LogP contribution in [-0.2, 0) is 0 Å². The molecule has 1 unspecified atom stereocenters. The Balaban J connectivity index is 2.28. The lowest BCUT2D eigenvalue weighted by Crippen LogP contribution is -2.04. The zero-order valence-electron chi connectivity index (χ0n) is 11.1. The molecule has 0 saturated heterocycles. The first-order chi connectivity index (χ1) is 8.56. The van der Waals surface area contributed by atoms with Crippen molar-refractivity contribution in [2.75, 3.05) is 0 Å². The molecule has 0 bridgehead atoms. The highest BCUT2D eigenvalue weighted by Crippen LogP contribution is 2.27. The molecule has 0 aliphatic rings. The Hall–Kier alpha value is -1.80. The van der Waals surface area contributed by atoms with E-state index < -0.39 is 0 Å². The van der Waals surface area contributed by atoms with Crippen molar-refractivity contribution in [3.05, 3.63) is 59.2 Å². The van der Waals surface area contributed by atoms with Crippen LogP contribution in [0.4, 0.5) is 0 Å². The molecule has 0 heterocycles. The molecule has 0 radical (unpaired) electrons. The number of ether oxygens (including phenoxy) is 1. The highest BCUT2D eigenvalue weighted by molar-refractivity contribution is 5.40. The second-order valence-corrected chi connectivity index (χ2v) is 4.73. The van der Waals surface area contributed by atoms with E-state index in [9.17, 15) is 0 Å². The molecule has 0 fully saturated rings. The Kier molecular flexibility index (Phi) is 3.68. The molecule has 2 aromatic carbocycles. The molecule has 2 heteroatoms. The van der Waals surface area contributed by atoms with Crippen LogP contribution in [0.3, 0.4) is 0 Å². The third-order valence-electron chi connectivity index (χ3n) is 2.96. The summed E-state index contributed by atoms with van der Waals surface area (Å²) < 4.78 is 5.93. The molecule has 18 heavy (non-hydrogen) atoms. The zero-order valence-corrected chi connectivity index (χ0v) is 11.1. The number of benzene rings is 2. The maximum absolute atomic E-state index is 5.93. The van der Waals surface area contributed by atoms with Gasteiger partial charge in [-0.25, -0.2) is 0 Å². The van der Waals surface area contributed by atoms with Crippen molar-refractivity contribution in [3.8, 4) is 11.5 Å². The standard InChI is InChI=1S/C16H19NO/c1-11-7-8-12(2)16(9-11)18-15-6-4-5-14(10-15)13(3)17/h4-10,13H,17H2,1-3H3. The highest BCUT2D eigenvalue weighted by Gasteiger charge is 2.04. The number of aryl methyl sites for hydroxylation is 2. The van der Waals surface area contributed by atoms with Crippen molar-refractivity contribution in [2.45, 2.75) is 26.8 Å². The minimum atomic E-state index is 0.0205. The van der Waals surface area contributed by atoms with Crippen LogP contribution < -0.4 is 10.5 Å². The number of rotatable bonds is 3. The monoisotopic (exact) mass is 241 g/mol. The van der Waals surface area contributed by atoms with Gasteiger partial charge < -0.3 is 10.5 Å². The van der Waals surface area contributed by atoms with Crippen molar-refractivity contribution in [3.63, 3.8) is 0 Å². The molecule has 2 rings (SSSR count). The fourth-order valence-electron chi connectivity index (χ4n) is 1.81. The van der Waals surface area contributed by atoms with Crippen LogP contribution >= 0.6 is 0 Å². The second-order valence-electron chi connectivity index (χ2n) is 4.73. The van der Waals surface area contributed by atoms with Gasteiger partial charge >= 0.3 is 0 Å². The van der Waals surface area contributed by atoms with E-state index in [1.54, 1.807) is 0 Å². The van der Waals surface area contributed by atoms with Crippen LogP contribution in [-0.4, -0.2) is 0 Å². The van der Waals surface area contributed by atoms with Crippen molar-refractivity contribution >= 4 is 0 Å². The summed E-state index contributed by atoms with van der Waals surface area (Å²) in [6, 6.07) is 14.2. The Morgan fingerprint density at radius 1 is 1.06 bits per heavy atom. The Morgan fingerprint density at radius 3 is 2.56 bits per heavy atom. The molecule has 1 atom stereocenters. The third kappa shape index (κ3) is 2.90. The van der Waals surface area contributed by atoms with Gasteiger partial charge in [-0.05, 0) is 55.7 Å². The molecule has 0 aromatic heterocycles. The molecule has 0 aliphatic heterocycles. The summed E-state index contributed by atoms with van der Waals surface area (Å²) in [5.74, 6) is 1.73. The summed E-state index contributed by atoms with van der Waals surface area (Å²) in [6.07, 6.45) is 0. The van der Waals surface area contributed by atoms with E-state index in [1.165, 1.54) is 5.56 Å². The Bertz CT molecular complexity index is 547. The smallest absolute Gasteiger partial charge is 0.130 e. The van der Waals surface area contributed by atoms with Gasteiger partial charge in [-0.3, -0.25) is 0 Å². The first-order valence-electron chi connectivity index (χ1n) is 6.17. The predicted octanol–water partition coefficient (Wildman–Crippen LogP) is 4.12. The van der Waals surface area contributed by atoms with Gasteiger partial charge in [-0.1, -0.05) is 24.3 Å². The van der Waals surface area contributed by atoms with Gasteiger partial charge in [-0.2, -0.15) is 0 Å². The van der Waals surface area contributed by atoms with Gasteiger partial charge in [0.15, 0.2) is 0 Å². The lowest BCUT2D eigenvalue weighted by Gasteiger charge is -2.12. The Morgan fingerprint density at radius 2 is 1.83 bits per heavy atom. The topological polar surface area (TPSA) is 35.2 Å². The van der Waals surface area contributed by atoms with Gasteiger partial charge in [-0.15, -0.1) is 0 Å². The van der Waals surface area contributed by atoms with Crippen LogP contribution in [0, 0.1) is 13.8 Å². The second kappa shape index (κ2) is 5.23. The first kappa shape index (κ1) is 12.7. The number of nitrogens with two attached hydrogens (primary N) is 1. The van der Waals surface area contributed by atoms with Crippen LogP contribution in [0.25, 0.3) is 0 Å². The van der Waals surface area contributed by atoms with Gasteiger partial charge in [0, 0.05) is 6.04 Å². The van der Waals surface area contributed by atoms with Gasteiger partial charge in [0.05, 0.1) is 0 Å². The van der Waals surface area contributed by atoms with E-state index in [0.717, 1.165) is 22.6 Å². The number of hydrogen-bond donors (Lipinski definition) is 1. The maximum atomic E-state index is 5.93. The predicted molar refractivity (Wildman–Crippen MR) is 75.0 cm³/mol. The van der Waals surface area contributed by atoms with E-state index in [2.05, 4.69) is 19.1 Å². The number of hydrogen-bond acceptors (Lipinski definition) is 2. The maximum Gasteiger partial charge on any atom is 0.130 e. The van der Waals surface area contributed by atoms with Crippen molar-refractivity contribution < 1.29 is 4.74 Å². The summed E-state index contributed by atoms with van der Waals surface area (Å²) in [6.45, 7) is 6.08. The van der Waals surface area contributed by atoms with E-state index >= 15 is 0 Å². The normalized spacial score (nSPS) is 12.2. The molecule has 0 aliphatic carbocycles. The molecular formula is C16H19NO. The van der Waals surface area contributed by atoms with Crippen molar-refractivity contribution in [1.29, 1.82) is 0 Å². The van der Waals surface area contributed by atoms with Crippen LogP contribution in [0.2, 0.25) is 0 Å². The molecule has 2 aromatic rings. The SMILES string of the molecule is Cc1ccc(C)c(Oc2cccc(C(C)N)c2)c1. The summed E-state index contributed by atoms with van der Waals surface area (Å²) >= 11 is 0. The molecule has 0 spiro atoms. The first-order valence-corrected chi connectivity index (χ1v) is 6.17. The Labute approximate surface area is 108 Å². The summed E-state index contributed by atoms with van der Waals surface area (Å²) in [4.78, 5) is 0. The van der Waals surface area contributed by atoms with Crippen molar-refractivity contribution in [2.24, 2.45) is 5.73 Å². The quantitative estimate of drug-likeness (QED) is 0.877. The average Bonchev–Trinajstić information content (AvgIpc) is 2.34. The molecule has 0 saturated carbocycles. The van der Waals surface area contributed by atoms with Gasteiger partial charge in [0.25, 0.3) is 0 Å². The summed E-state index contributed by atoms with van der Waals surface area (Å²) in [5, 5.41) is 0. The minimum Gasteiger partial charge on any atom is -0.457 e. The lowest BCUT2D eigenvalue weighted by molar-refractivity contribution is 0.477. The fourth-order valence-corrected chi connectivity index (χ4v) is 1.81. The lowest BCUT2D eigenvalue weighted by atomic mass is 10.1. The molecule has 2 N–H and O–H groups in total. The molecule has 94 valence electrons. The van der Waals surface area contributed by atoms with Gasteiger partial charge in [0.1, 0.15) is 11.5 Å². The molecular weight excluding hydrogens is 222 g/mol. The van der Waals surface area contributed by atoms with Crippen molar-refractivity contribution in [1.82, 2.24) is 0 Å². The molecule has 0 amide bonds. The zero-order chi connectivity index (χ0) is 13.1. The highest BCUT2D eigenvalue weighted by atomic mass is 16.5. The largest absolute Gasteiger partial charge is 0.457 e. The fraction of sp³-hybridized carbons (Fsp3) is 0.250. The van der Waals surface area contributed by atoms with E-state index in [4.69, 9.17) is 10.5 Å². The van der Waals surface area contributed by atoms with Gasteiger partial charge in [0.2, 0.25) is 0 Å². The summed E-state index contributed by atoms with van der Waals surface area (Å²) in [7, 11) is 0. The third-order valence-corrected chi connectivity index (χ3v) is 2.96. The van der Waals surface area contributed by atoms with Crippen LogP contribution in [0.5, 0.6) is 11.5 Å². The molecule has 2 nitrogen and oxygen atoms in total.